The van der Waals surface area contributed by atoms with Crippen molar-refractivity contribution in [2.45, 2.75) is 38.6 Å². The Bertz CT molecular complexity index is 510. The van der Waals surface area contributed by atoms with Crippen LogP contribution in [0.1, 0.15) is 32.6 Å². The normalized spacial score (nSPS) is 21.2. The molecule has 1 aromatic rings. The van der Waals surface area contributed by atoms with E-state index in [2.05, 4.69) is 12.2 Å². The number of nitrogens with zero attached hydrogens (tertiary/aromatic N) is 1. The van der Waals surface area contributed by atoms with E-state index >= 15 is 0 Å². The van der Waals surface area contributed by atoms with Crippen molar-refractivity contribution in [3.63, 3.8) is 0 Å². The third-order valence-electron chi connectivity index (χ3n) is 4.44. The first kappa shape index (κ1) is 17.7. The van der Waals surface area contributed by atoms with E-state index in [1.165, 1.54) is 25.3 Å². The average Bonchev–Trinajstić information content (AvgIpc) is 2.51. The standard InChI is InChI=1S/C18H27FN2O2/c1-14-7-3-5-9-16(14)20-18(22)13-21(2)11-12-23-17-10-6-4-8-15(17)19/h4,6,8,10,14,16H,3,5,7,9,11-13H2,1-2H3,(H,20,22). The van der Waals surface area contributed by atoms with Gasteiger partial charge in [-0.15, -0.1) is 0 Å². The number of rotatable bonds is 7. The van der Waals surface area contributed by atoms with Gasteiger partial charge in [0.05, 0.1) is 6.54 Å². The molecule has 0 radical (unpaired) electrons. The van der Waals surface area contributed by atoms with Gasteiger partial charge in [-0.05, 0) is 37.9 Å². The van der Waals surface area contributed by atoms with E-state index in [4.69, 9.17) is 4.74 Å². The molecule has 23 heavy (non-hydrogen) atoms. The fraction of sp³-hybridized carbons (Fsp3) is 0.611. The molecule has 4 nitrogen and oxygen atoms in total. The minimum Gasteiger partial charge on any atom is -0.489 e. The lowest BCUT2D eigenvalue weighted by atomic mass is 9.86. The lowest BCUT2D eigenvalue weighted by molar-refractivity contribution is -0.123. The van der Waals surface area contributed by atoms with Gasteiger partial charge < -0.3 is 10.1 Å². The molecule has 2 atom stereocenters. The lowest BCUT2D eigenvalue weighted by Gasteiger charge is -2.30. The summed E-state index contributed by atoms with van der Waals surface area (Å²) in [5.74, 6) is 0.500. The molecular weight excluding hydrogens is 295 g/mol. The Morgan fingerprint density at radius 1 is 1.35 bits per heavy atom. The molecule has 2 unspecified atom stereocenters. The van der Waals surface area contributed by atoms with E-state index in [1.54, 1.807) is 18.2 Å². The number of hydrogen-bond acceptors (Lipinski definition) is 3. The molecule has 1 saturated carbocycles. The maximum Gasteiger partial charge on any atom is 0.234 e. The van der Waals surface area contributed by atoms with Crippen molar-refractivity contribution < 1.29 is 13.9 Å². The van der Waals surface area contributed by atoms with Crippen molar-refractivity contribution >= 4 is 5.91 Å². The van der Waals surface area contributed by atoms with E-state index in [-0.39, 0.29) is 17.5 Å². The fourth-order valence-electron chi connectivity index (χ4n) is 2.98. The number of amides is 1. The second-order valence-electron chi connectivity index (χ2n) is 6.45. The lowest BCUT2D eigenvalue weighted by Crippen LogP contribution is -2.45. The van der Waals surface area contributed by atoms with Crippen molar-refractivity contribution in [1.82, 2.24) is 10.2 Å². The molecule has 0 aliphatic heterocycles. The summed E-state index contributed by atoms with van der Waals surface area (Å²) >= 11 is 0. The van der Waals surface area contributed by atoms with Crippen molar-refractivity contribution in [2.75, 3.05) is 26.7 Å². The molecule has 0 saturated heterocycles. The molecule has 128 valence electrons. The van der Waals surface area contributed by atoms with Crippen molar-refractivity contribution in [3.8, 4) is 5.75 Å². The summed E-state index contributed by atoms with van der Waals surface area (Å²) < 4.78 is 18.8. The summed E-state index contributed by atoms with van der Waals surface area (Å²) in [6.45, 7) is 3.46. The maximum atomic E-state index is 13.4. The zero-order chi connectivity index (χ0) is 16.7. The maximum absolute atomic E-state index is 13.4. The molecular formula is C18H27FN2O2. The molecule has 0 spiro atoms. The number of likely N-dealkylation sites (N-methyl/N-ethyl adjacent to an activating group) is 1. The molecule has 1 aliphatic carbocycles. The minimum absolute atomic E-state index is 0.0529. The van der Waals surface area contributed by atoms with E-state index in [9.17, 15) is 9.18 Å². The van der Waals surface area contributed by atoms with Gasteiger partial charge in [-0.2, -0.15) is 0 Å². The summed E-state index contributed by atoms with van der Waals surface area (Å²) in [5.41, 5.74) is 0. The van der Waals surface area contributed by atoms with Crippen LogP contribution in [0.25, 0.3) is 0 Å². The summed E-state index contributed by atoms with van der Waals surface area (Å²) in [4.78, 5) is 14.0. The molecule has 0 bridgehead atoms. The van der Waals surface area contributed by atoms with Crippen LogP contribution in [0.4, 0.5) is 4.39 Å². The highest BCUT2D eigenvalue weighted by Gasteiger charge is 2.22. The number of carbonyl (C=O) groups is 1. The Morgan fingerprint density at radius 2 is 2.09 bits per heavy atom. The van der Waals surface area contributed by atoms with Gasteiger partial charge in [0.1, 0.15) is 6.61 Å². The first-order valence-corrected chi connectivity index (χ1v) is 8.41. The van der Waals surface area contributed by atoms with Crippen LogP contribution in [-0.2, 0) is 4.79 Å². The van der Waals surface area contributed by atoms with Crippen molar-refractivity contribution in [2.24, 2.45) is 5.92 Å². The van der Waals surface area contributed by atoms with Gasteiger partial charge in [-0.3, -0.25) is 9.69 Å². The predicted molar refractivity (Wildman–Crippen MR) is 89.0 cm³/mol. The molecule has 1 aromatic carbocycles. The van der Waals surface area contributed by atoms with Gasteiger partial charge in [-0.1, -0.05) is 31.9 Å². The molecule has 5 heteroatoms. The third-order valence-corrected chi connectivity index (χ3v) is 4.44. The van der Waals surface area contributed by atoms with E-state index in [0.29, 0.717) is 31.7 Å². The number of carbonyl (C=O) groups excluding carboxylic acids is 1. The number of ether oxygens (including phenoxy) is 1. The highest BCUT2D eigenvalue weighted by molar-refractivity contribution is 5.78. The van der Waals surface area contributed by atoms with Crippen LogP contribution in [0.15, 0.2) is 24.3 Å². The van der Waals surface area contributed by atoms with Crippen LogP contribution in [0, 0.1) is 11.7 Å². The van der Waals surface area contributed by atoms with Crippen molar-refractivity contribution in [3.05, 3.63) is 30.1 Å². The zero-order valence-corrected chi connectivity index (χ0v) is 14.1. The summed E-state index contributed by atoms with van der Waals surface area (Å²) in [5, 5.41) is 3.14. The highest BCUT2D eigenvalue weighted by Crippen LogP contribution is 2.23. The first-order valence-electron chi connectivity index (χ1n) is 8.41. The summed E-state index contributed by atoms with van der Waals surface area (Å²) in [6.07, 6.45) is 4.73. The van der Waals surface area contributed by atoms with Gasteiger partial charge in [-0.25, -0.2) is 4.39 Å². The van der Waals surface area contributed by atoms with Crippen LogP contribution in [0.5, 0.6) is 5.75 Å². The Kier molecular flexibility index (Phi) is 6.84. The van der Waals surface area contributed by atoms with Crippen LogP contribution >= 0.6 is 0 Å². The Balaban J connectivity index is 1.66. The average molecular weight is 322 g/mol. The Morgan fingerprint density at radius 3 is 2.83 bits per heavy atom. The highest BCUT2D eigenvalue weighted by atomic mass is 19.1. The molecule has 1 N–H and O–H groups in total. The second kappa shape index (κ2) is 8.87. The quantitative estimate of drug-likeness (QED) is 0.839. The van der Waals surface area contributed by atoms with Gasteiger partial charge in [0.25, 0.3) is 0 Å². The van der Waals surface area contributed by atoms with Crippen molar-refractivity contribution in [1.29, 1.82) is 0 Å². The number of halogens is 1. The van der Waals surface area contributed by atoms with Gasteiger partial charge in [0.15, 0.2) is 11.6 Å². The fourth-order valence-corrected chi connectivity index (χ4v) is 2.98. The smallest absolute Gasteiger partial charge is 0.234 e. The zero-order valence-electron chi connectivity index (χ0n) is 14.1. The number of nitrogens with one attached hydrogen (secondary N) is 1. The van der Waals surface area contributed by atoms with Gasteiger partial charge in [0, 0.05) is 12.6 Å². The Labute approximate surface area is 138 Å². The topological polar surface area (TPSA) is 41.6 Å². The number of hydrogen-bond donors (Lipinski definition) is 1. The van der Waals surface area contributed by atoms with E-state index in [0.717, 1.165) is 6.42 Å². The van der Waals surface area contributed by atoms with E-state index < -0.39 is 0 Å². The Hall–Kier alpha value is -1.62. The molecule has 1 fully saturated rings. The van der Waals surface area contributed by atoms with Crippen LogP contribution in [0.3, 0.4) is 0 Å². The molecule has 1 amide bonds. The molecule has 1 aliphatic rings. The first-order chi connectivity index (χ1) is 11.1. The second-order valence-corrected chi connectivity index (χ2v) is 6.45. The summed E-state index contributed by atoms with van der Waals surface area (Å²) in [6, 6.07) is 6.65. The molecule has 0 heterocycles. The third kappa shape index (κ3) is 5.82. The van der Waals surface area contributed by atoms with Crippen LogP contribution in [0.2, 0.25) is 0 Å². The van der Waals surface area contributed by atoms with Crippen LogP contribution < -0.4 is 10.1 Å². The minimum atomic E-state index is -0.362. The molecule has 2 rings (SSSR count). The number of para-hydroxylation sites is 1. The molecule has 0 aromatic heterocycles. The SMILES string of the molecule is CC1CCCCC1NC(=O)CN(C)CCOc1ccccc1F. The predicted octanol–water partition coefficient (Wildman–Crippen LogP) is 2.83. The van der Waals surface area contributed by atoms with Crippen LogP contribution in [-0.4, -0.2) is 43.6 Å². The van der Waals surface area contributed by atoms with E-state index in [1.807, 2.05) is 11.9 Å². The monoisotopic (exact) mass is 322 g/mol. The number of benzene rings is 1. The summed E-state index contributed by atoms with van der Waals surface area (Å²) in [7, 11) is 1.87. The van der Waals surface area contributed by atoms with Gasteiger partial charge >= 0.3 is 0 Å². The van der Waals surface area contributed by atoms with Gasteiger partial charge in [0.2, 0.25) is 5.91 Å². The largest absolute Gasteiger partial charge is 0.489 e.